The molecule has 0 atom stereocenters. The fourth-order valence-corrected chi connectivity index (χ4v) is 4.26. The lowest BCUT2D eigenvalue weighted by atomic mass is 9.79. The first kappa shape index (κ1) is 18.1. The zero-order valence-electron chi connectivity index (χ0n) is 16.1. The Kier molecular flexibility index (Phi) is 4.29. The van der Waals surface area contributed by atoms with Gasteiger partial charge in [-0.05, 0) is 34.1 Å². The van der Waals surface area contributed by atoms with Crippen LogP contribution in [-0.2, 0) is 4.74 Å². The maximum atomic E-state index is 12.2. The number of ether oxygens (including phenoxy) is 1. The second-order valence-corrected chi connectivity index (χ2v) is 9.58. The number of carbonyl (C=O) groups is 1. The standard InChI is InChI=1S/C18H24N6O2S/c1-12-21-22-15(27-12)13-7-19-8-14(20-13)23-6-5-18(9-23)10-24(11-18)16(25)26-17(2,3)4/h7-8H,5-6,9-11H2,1-4H3. The summed E-state index contributed by atoms with van der Waals surface area (Å²) in [6.07, 6.45) is 4.33. The Morgan fingerprint density at radius 2 is 2.00 bits per heavy atom. The van der Waals surface area contributed by atoms with Gasteiger partial charge < -0.3 is 14.5 Å². The molecule has 2 saturated heterocycles. The van der Waals surface area contributed by atoms with Crippen LogP contribution in [-0.4, -0.2) is 62.9 Å². The van der Waals surface area contributed by atoms with Gasteiger partial charge in [0.15, 0.2) is 5.01 Å². The molecule has 9 heteroatoms. The van der Waals surface area contributed by atoms with Gasteiger partial charge in [-0.3, -0.25) is 4.98 Å². The summed E-state index contributed by atoms with van der Waals surface area (Å²) in [5.74, 6) is 0.855. The molecule has 0 radical (unpaired) electrons. The van der Waals surface area contributed by atoms with Crippen molar-refractivity contribution in [3.8, 4) is 10.7 Å². The Bertz CT molecular complexity index is 856. The largest absolute Gasteiger partial charge is 0.444 e. The highest BCUT2D eigenvalue weighted by molar-refractivity contribution is 7.14. The Labute approximate surface area is 162 Å². The van der Waals surface area contributed by atoms with E-state index in [-0.39, 0.29) is 11.5 Å². The van der Waals surface area contributed by atoms with Crippen molar-refractivity contribution < 1.29 is 9.53 Å². The molecule has 1 spiro atoms. The van der Waals surface area contributed by atoms with E-state index in [4.69, 9.17) is 9.72 Å². The molecule has 144 valence electrons. The van der Waals surface area contributed by atoms with Crippen LogP contribution in [0.4, 0.5) is 10.6 Å². The highest BCUT2D eigenvalue weighted by atomic mass is 32.1. The molecule has 2 aliphatic rings. The first-order chi connectivity index (χ1) is 12.7. The summed E-state index contributed by atoms with van der Waals surface area (Å²) < 4.78 is 5.46. The average molecular weight is 388 g/mol. The molecule has 0 saturated carbocycles. The molecule has 8 nitrogen and oxygen atoms in total. The van der Waals surface area contributed by atoms with Crippen LogP contribution in [0.15, 0.2) is 12.4 Å². The predicted molar refractivity (Wildman–Crippen MR) is 103 cm³/mol. The summed E-state index contributed by atoms with van der Waals surface area (Å²) in [5.41, 5.74) is 0.428. The molecule has 0 aromatic carbocycles. The van der Waals surface area contributed by atoms with Gasteiger partial charge in [-0.1, -0.05) is 11.3 Å². The van der Waals surface area contributed by atoms with Crippen LogP contribution in [0, 0.1) is 12.3 Å². The van der Waals surface area contributed by atoms with Gasteiger partial charge in [-0.2, -0.15) is 0 Å². The fraction of sp³-hybridized carbons (Fsp3) is 0.611. The van der Waals surface area contributed by atoms with Gasteiger partial charge in [0.1, 0.15) is 22.1 Å². The molecule has 0 N–H and O–H groups in total. The Hall–Kier alpha value is -2.29. The number of hydrogen-bond acceptors (Lipinski definition) is 8. The van der Waals surface area contributed by atoms with Crippen LogP contribution in [0.2, 0.25) is 0 Å². The van der Waals surface area contributed by atoms with Crippen molar-refractivity contribution in [3.63, 3.8) is 0 Å². The summed E-state index contributed by atoms with van der Waals surface area (Å²) in [4.78, 5) is 25.3. The molecular weight excluding hydrogens is 364 g/mol. The second-order valence-electron chi connectivity index (χ2n) is 8.40. The molecule has 0 unspecified atom stereocenters. The number of nitrogens with zero attached hydrogens (tertiary/aromatic N) is 6. The minimum absolute atomic E-state index is 0.133. The van der Waals surface area contributed by atoms with Gasteiger partial charge in [0, 0.05) is 31.6 Å². The molecule has 4 heterocycles. The van der Waals surface area contributed by atoms with Gasteiger partial charge >= 0.3 is 6.09 Å². The molecule has 0 bridgehead atoms. The summed E-state index contributed by atoms with van der Waals surface area (Å²) in [7, 11) is 0. The van der Waals surface area contributed by atoms with E-state index in [9.17, 15) is 4.79 Å². The SMILES string of the molecule is Cc1nnc(-c2cncc(N3CCC4(CN(C(=O)OC(C)(C)C)C4)C3)n2)s1. The molecule has 4 rings (SSSR count). The van der Waals surface area contributed by atoms with Crippen LogP contribution < -0.4 is 4.90 Å². The fourth-order valence-electron chi connectivity index (χ4n) is 3.62. The molecule has 0 aliphatic carbocycles. The zero-order valence-corrected chi connectivity index (χ0v) is 16.9. The normalized spacial score (nSPS) is 18.7. The molecule has 27 heavy (non-hydrogen) atoms. The minimum Gasteiger partial charge on any atom is -0.444 e. The number of aromatic nitrogens is 4. The smallest absolute Gasteiger partial charge is 0.410 e. The Morgan fingerprint density at radius 3 is 2.67 bits per heavy atom. The number of hydrogen-bond donors (Lipinski definition) is 0. The summed E-state index contributed by atoms with van der Waals surface area (Å²) in [6, 6.07) is 0. The maximum Gasteiger partial charge on any atom is 0.410 e. The van der Waals surface area contributed by atoms with E-state index in [0.29, 0.717) is 0 Å². The number of anilines is 1. The van der Waals surface area contributed by atoms with E-state index < -0.39 is 5.60 Å². The van der Waals surface area contributed by atoms with Gasteiger partial charge in [0.2, 0.25) is 0 Å². The van der Waals surface area contributed by atoms with E-state index in [1.165, 1.54) is 11.3 Å². The highest BCUT2D eigenvalue weighted by Crippen LogP contribution is 2.41. The Morgan fingerprint density at radius 1 is 1.22 bits per heavy atom. The highest BCUT2D eigenvalue weighted by Gasteiger charge is 2.50. The van der Waals surface area contributed by atoms with Crippen LogP contribution >= 0.6 is 11.3 Å². The number of likely N-dealkylation sites (tertiary alicyclic amines) is 1. The number of carbonyl (C=O) groups excluding carboxylic acids is 1. The van der Waals surface area contributed by atoms with Crippen molar-refractivity contribution in [3.05, 3.63) is 17.4 Å². The van der Waals surface area contributed by atoms with Crippen molar-refractivity contribution in [1.82, 2.24) is 25.1 Å². The summed E-state index contributed by atoms with van der Waals surface area (Å²) in [6.45, 7) is 10.9. The van der Waals surface area contributed by atoms with Gasteiger partial charge in [-0.25, -0.2) is 9.78 Å². The molecule has 2 fully saturated rings. The predicted octanol–water partition coefficient (Wildman–Crippen LogP) is 2.75. The van der Waals surface area contributed by atoms with E-state index in [1.54, 1.807) is 17.3 Å². The molecule has 1 amide bonds. The van der Waals surface area contributed by atoms with Crippen molar-refractivity contribution in [2.24, 2.45) is 5.41 Å². The molecule has 2 aromatic heterocycles. The lowest BCUT2D eigenvalue weighted by Crippen LogP contribution is -2.60. The maximum absolute atomic E-state index is 12.2. The molecule has 2 aromatic rings. The lowest BCUT2D eigenvalue weighted by Gasteiger charge is -2.47. The van der Waals surface area contributed by atoms with Gasteiger partial charge in [-0.15, -0.1) is 10.2 Å². The first-order valence-electron chi connectivity index (χ1n) is 9.09. The van der Waals surface area contributed by atoms with Gasteiger partial charge in [0.25, 0.3) is 0 Å². The second kappa shape index (κ2) is 6.40. The van der Waals surface area contributed by atoms with Crippen molar-refractivity contribution >= 4 is 23.2 Å². The van der Waals surface area contributed by atoms with Crippen molar-refractivity contribution in [1.29, 1.82) is 0 Å². The van der Waals surface area contributed by atoms with Crippen molar-refractivity contribution in [2.75, 3.05) is 31.1 Å². The molecular formula is C18H24N6O2S. The lowest BCUT2D eigenvalue weighted by molar-refractivity contribution is -0.0266. The summed E-state index contributed by atoms with van der Waals surface area (Å²) in [5, 5.41) is 9.91. The van der Waals surface area contributed by atoms with Crippen LogP contribution in [0.3, 0.4) is 0 Å². The average Bonchev–Trinajstić information content (AvgIpc) is 3.18. The zero-order chi connectivity index (χ0) is 19.2. The van der Waals surface area contributed by atoms with E-state index in [1.807, 2.05) is 27.7 Å². The van der Waals surface area contributed by atoms with E-state index >= 15 is 0 Å². The number of rotatable bonds is 2. The van der Waals surface area contributed by atoms with Crippen LogP contribution in [0.1, 0.15) is 32.2 Å². The Balaban J connectivity index is 1.40. The topological polar surface area (TPSA) is 84.3 Å². The van der Waals surface area contributed by atoms with E-state index in [2.05, 4.69) is 20.1 Å². The first-order valence-corrected chi connectivity index (χ1v) is 9.90. The number of amides is 1. The minimum atomic E-state index is -0.458. The van der Waals surface area contributed by atoms with Crippen molar-refractivity contribution in [2.45, 2.75) is 39.7 Å². The van der Waals surface area contributed by atoms with E-state index in [0.717, 1.165) is 54.1 Å². The monoisotopic (exact) mass is 388 g/mol. The third-order valence-electron chi connectivity index (χ3n) is 4.83. The third-order valence-corrected chi connectivity index (χ3v) is 5.69. The quantitative estimate of drug-likeness (QED) is 0.782. The van der Waals surface area contributed by atoms with Gasteiger partial charge in [0.05, 0.1) is 12.4 Å². The third kappa shape index (κ3) is 3.73. The van der Waals surface area contributed by atoms with Crippen LogP contribution in [0.5, 0.6) is 0 Å². The van der Waals surface area contributed by atoms with Crippen LogP contribution in [0.25, 0.3) is 10.7 Å². The molecule has 2 aliphatic heterocycles. The summed E-state index contributed by atoms with van der Waals surface area (Å²) >= 11 is 1.51. The number of aryl methyl sites for hydroxylation is 1.